The number of hydrogen-bond donors (Lipinski definition) is 2. The van der Waals surface area contributed by atoms with Gasteiger partial charge in [0.05, 0.1) is 11.6 Å². The first-order valence-electron chi connectivity index (χ1n) is 8.34. The molecule has 1 aliphatic carbocycles. The van der Waals surface area contributed by atoms with Gasteiger partial charge in [-0.15, -0.1) is 11.3 Å². The van der Waals surface area contributed by atoms with E-state index in [0.717, 1.165) is 19.3 Å². The SMILES string of the molecule is Cc1nc(-c2ncccn2)sc1C(=O)N[C@@H]1CCCCC[C@@H]1C(=O)O. The van der Waals surface area contributed by atoms with Crippen molar-refractivity contribution in [3.63, 3.8) is 0 Å². The summed E-state index contributed by atoms with van der Waals surface area (Å²) < 4.78 is 0. The number of carbonyl (C=O) groups excluding carboxylic acids is 1. The van der Waals surface area contributed by atoms with Gasteiger partial charge in [-0.25, -0.2) is 15.0 Å². The summed E-state index contributed by atoms with van der Waals surface area (Å²) in [7, 11) is 0. The van der Waals surface area contributed by atoms with E-state index in [9.17, 15) is 14.7 Å². The summed E-state index contributed by atoms with van der Waals surface area (Å²) in [5.41, 5.74) is 0.602. The molecular formula is C17H20N4O3S. The molecule has 7 nitrogen and oxygen atoms in total. The van der Waals surface area contributed by atoms with Crippen LogP contribution in [0.4, 0.5) is 0 Å². The van der Waals surface area contributed by atoms with Crippen LogP contribution in [0.1, 0.15) is 47.5 Å². The molecule has 25 heavy (non-hydrogen) atoms. The molecule has 1 aliphatic rings. The van der Waals surface area contributed by atoms with Gasteiger partial charge in [-0.3, -0.25) is 9.59 Å². The predicted molar refractivity (Wildman–Crippen MR) is 93.3 cm³/mol. The fourth-order valence-electron chi connectivity index (χ4n) is 3.12. The summed E-state index contributed by atoms with van der Waals surface area (Å²) in [6.07, 6.45) is 7.37. The quantitative estimate of drug-likeness (QED) is 0.812. The standard InChI is InChI=1S/C17H20N4O3S/c1-10-13(25-16(20-10)14-18-8-5-9-19-14)15(22)21-12-7-4-2-3-6-11(12)17(23)24/h5,8-9,11-12H,2-4,6-7H2,1H3,(H,21,22)(H,23,24)/t11-,12+/m0/s1. The number of aryl methyl sites for hydroxylation is 1. The maximum atomic E-state index is 12.7. The molecule has 1 amide bonds. The first-order valence-corrected chi connectivity index (χ1v) is 9.16. The lowest BCUT2D eigenvalue weighted by Crippen LogP contribution is -2.42. The third kappa shape index (κ3) is 4.01. The highest BCUT2D eigenvalue weighted by Gasteiger charge is 2.31. The van der Waals surface area contributed by atoms with Crippen molar-refractivity contribution in [2.45, 2.75) is 45.1 Å². The van der Waals surface area contributed by atoms with Crippen molar-refractivity contribution in [1.29, 1.82) is 0 Å². The second-order valence-corrected chi connectivity index (χ2v) is 7.17. The lowest BCUT2D eigenvalue weighted by atomic mass is 9.95. The normalized spacial score (nSPS) is 20.7. The fraction of sp³-hybridized carbons (Fsp3) is 0.471. The molecule has 1 fully saturated rings. The maximum absolute atomic E-state index is 12.7. The number of nitrogens with one attached hydrogen (secondary N) is 1. The third-order valence-electron chi connectivity index (χ3n) is 4.41. The topological polar surface area (TPSA) is 105 Å². The molecule has 132 valence electrons. The minimum absolute atomic E-state index is 0.268. The molecule has 2 heterocycles. The number of carboxylic acid groups (broad SMARTS) is 1. The maximum Gasteiger partial charge on any atom is 0.308 e. The zero-order chi connectivity index (χ0) is 17.8. The van der Waals surface area contributed by atoms with Crippen molar-refractivity contribution in [3.05, 3.63) is 29.0 Å². The molecule has 8 heteroatoms. The van der Waals surface area contributed by atoms with Crippen LogP contribution in [-0.2, 0) is 4.79 Å². The van der Waals surface area contributed by atoms with Crippen LogP contribution in [0.25, 0.3) is 10.8 Å². The second kappa shape index (κ2) is 7.69. The molecule has 2 atom stereocenters. The van der Waals surface area contributed by atoms with E-state index in [4.69, 9.17) is 0 Å². The highest BCUT2D eigenvalue weighted by molar-refractivity contribution is 7.17. The Bertz CT molecular complexity index is 763. The summed E-state index contributed by atoms with van der Waals surface area (Å²) in [5, 5.41) is 13.0. The molecule has 0 aliphatic heterocycles. The smallest absolute Gasteiger partial charge is 0.308 e. The molecule has 0 saturated heterocycles. The van der Waals surface area contributed by atoms with Gasteiger partial charge in [-0.05, 0) is 25.8 Å². The molecule has 2 N–H and O–H groups in total. The van der Waals surface area contributed by atoms with Gasteiger partial charge in [0.2, 0.25) is 0 Å². The van der Waals surface area contributed by atoms with E-state index in [0.29, 0.717) is 34.2 Å². The fourth-order valence-corrected chi connectivity index (χ4v) is 4.04. The number of thiazole rings is 1. The van der Waals surface area contributed by atoms with E-state index < -0.39 is 11.9 Å². The Kier molecular flexibility index (Phi) is 5.37. The van der Waals surface area contributed by atoms with Gasteiger partial charge >= 0.3 is 5.97 Å². The number of aromatic nitrogens is 3. The summed E-state index contributed by atoms with van der Waals surface area (Å²) in [5.74, 6) is -1.16. The van der Waals surface area contributed by atoms with Crippen molar-refractivity contribution in [1.82, 2.24) is 20.3 Å². The Hall–Kier alpha value is -2.35. The number of nitrogens with zero attached hydrogens (tertiary/aromatic N) is 3. The molecule has 0 unspecified atom stereocenters. The zero-order valence-electron chi connectivity index (χ0n) is 13.9. The van der Waals surface area contributed by atoms with Gasteiger partial charge in [0, 0.05) is 18.4 Å². The van der Waals surface area contributed by atoms with Crippen LogP contribution >= 0.6 is 11.3 Å². The van der Waals surface area contributed by atoms with E-state index in [1.807, 2.05) is 0 Å². The van der Waals surface area contributed by atoms with Crippen LogP contribution in [-0.4, -0.2) is 38.0 Å². The largest absolute Gasteiger partial charge is 0.481 e. The Balaban J connectivity index is 1.78. The van der Waals surface area contributed by atoms with Crippen LogP contribution in [0.15, 0.2) is 18.5 Å². The van der Waals surface area contributed by atoms with Crippen molar-refractivity contribution >= 4 is 23.2 Å². The molecule has 0 bridgehead atoms. The van der Waals surface area contributed by atoms with Crippen molar-refractivity contribution in [3.8, 4) is 10.8 Å². The van der Waals surface area contributed by atoms with Crippen molar-refractivity contribution < 1.29 is 14.7 Å². The number of rotatable bonds is 4. The number of amides is 1. The Labute approximate surface area is 149 Å². The number of hydrogen-bond acceptors (Lipinski definition) is 6. The Morgan fingerprint density at radius 3 is 2.64 bits per heavy atom. The average molecular weight is 360 g/mol. The number of carbonyl (C=O) groups is 2. The minimum atomic E-state index is -0.841. The monoisotopic (exact) mass is 360 g/mol. The van der Waals surface area contributed by atoms with E-state index in [1.54, 1.807) is 25.4 Å². The Morgan fingerprint density at radius 2 is 1.92 bits per heavy atom. The van der Waals surface area contributed by atoms with Crippen LogP contribution in [0.3, 0.4) is 0 Å². The van der Waals surface area contributed by atoms with Crippen LogP contribution in [0.5, 0.6) is 0 Å². The van der Waals surface area contributed by atoms with E-state index in [1.165, 1.54) is 11.3 Å². The molecule has 3 rings (SSSR count). The third-order valence-corrected chi connectivity index (χ3v) is 5.56. The highest BCUT2D eigenvalue weighted by Crippen LogP contribution is 2.27. The number of carboxylic acids is 1. The van der Waals surface area contributed by atoms with Crippen LogP contribution in [0, 0.1) is 12.8 Å². The van der Waals surface area contributed by atoms with Gasteiger partial charge in [0.15, 0.2) is 10.8 Å². The second-order valence-electron chi connectivity index (χ2n) is 6.17. The van der Waals surface area contributed by atoms with Crippen molar-refractivity contribution in [2.75, 3.05) is 0 Å². The lowest BCUT2D eigenvalue weighted by molar-refractivity contribution is -0.142. The lowest BCUT2D eigenvalue weighted by Gasteiger charge is -2.22. The molecular weight excluding hydrogens is 340 g/mol. The summed E-state index contributed by atoms with van der Waals surface area (Å²) in [6.45, 7) is 1.76. The zero-order valence-corrected chi connectivity index (χ0v) is 14.8. The van der Waals surface area contributed by atoms with Gasteiger partial charge in [0.25, 0.3) is 5.91 Å². The molecule has 2 aromatic rings. The minimum Gasteiger partial charge on any atom is -0.481 e. The van der Waals surface area contributed by atoms with Gasteiger partial charge < -0.3 is 10.4 Å². The predicted octanol–water partition coefficient (Wildman–Crippen LogP) is 2.67. The van der Waals surface area contributed by atoms with Gasteiger partial charge in [-0.1, -0.05) is 19.3 Å². The molecule has 0 radical (unpaired) electrons. The van der Waals surface area contributed by atoms with Crippen molar-refractivity contribution in [2.24, 2.45) is 5.92 Å². The molecule has 1 saturated carbocycles. The van der Waals surface area contributed by atoms with Crippen LogP contribution < -0.4 is 5.32 Å². The summed E-state index contributed by atoms with van der Waals surface area (Å²) >= 11 is 1.23. The summed E-state index contributed by atoms with van der Waals surface area (Å²) in [6, 6.07) is 1.38. The highest BCUT2D eigenvalue weighted by atomic mass is 32.1. The molecule has 0 aromatic carbocycles. The van der Waals surface area contributed by atoms with E-state index >= 15 is 0 Å². The first-order chi connectivity index (χ1) is 12.1. The van der Waals surface area contributed by atoms with Gasteiger partial charge in [-0.2, -0.15) is 0 Å². The van der Waals surface area contributed by atoms with E-state index in [-0.39, 0.29) is 11.9 Å². The summed E-state index contributed by atoms with van der Waals surface area (Å²) in [4.78, 5) is 37.4. The Morgan fingerprint density at radius 1 is 1.20 bits per heavy atom. The number of aliphatic carboxylic acids is 1. The average Bonchev–Trinajstić information content (AvgIpc) is 2.84. The molecule has 2 aromatic heterocycles. The molecule has 0 spiro atoms. The van der Waals surface area contributed by atoms with E-state index in [2.05, 4.69) is 20.3 Å². The van der Waals surface area contributed by atoms with Crippen LogP contribution in [0.2, 0.25) is 0 Å². The first kappa shape index (κ1) is 17.5. The van der Waals surface area contributed by atoms with Gasteiger partial charge in [0.1, 0.15) is 4.88 Å².